The van der Waals surface area contributed by atoms with Gasteiger partial charge < -0.3 is 14.6 Å². The fraction of sp³-hybridized carbons (Fsp3) is 0.346. The van der Waals surface area contributed by atoms with Crippen LogP contribution in [-0.2, 0) is 11.3 Å². The average molecular weight is 468 g/mol. The van der Waals surface area contributed by atoms with Gasteiger partial charge in [-0.3, -0.25) is 4.90 Å². The molecule has 1 saturated carbocycles. The maximum atomic E-state index is 10.5. The lowest BCUT2D eigenvalue weighted by atomic mass is 10.2. The lowest BCUT2D eigenvalue weighted by molar-refractivity contribution is 0.0226. The lowest BCUT2D eigenvalue weighted by Gasteiger charge is -2.25. The first-order valence-electron chi connectivity index (χ1n) is 11.2. The number of rotatable bonds is 12. The highest BCUT2D eigenvalue weighted by molar-refractivity contribution is 6.30. The Morgan fingerprint density at radius 1 is 1.21 bits per heavy atom. The van der Waals surface area contributed by atoms with Gasteiger partial charge >= 0.3 is 0 Å². The molecule has 1 N–H and O–H groups in total. The van der Waals surface area contributed by atoms with E-state index in [-0.39, 0.29) is 6.61 Å². The summed E-state index contributed by atoms with van der Waals surface area (Å²) in [6.45, 7) is 7.52. The van der Waals surface area contributed by atoms with Gasteiger partial charge in [0.2, 0.25) is 5.88 Å². The number of aliphatic hydroxyl groups is 1. The average Bonchev–Trinajstić information content (AvgIpc) is 3.62. The van der Waals surface area contributed by atoms with Crippen LogP contribution in [0.2, 0.25) is 5.02 Å². The number of hydrogen-bond donors (Lipinski definition) is 1. The topological polar surface area (TPSA) is 59.8 Å². The number of benzene rings is 2. The molecule has 33 heavy (non-hydrogen) atoms. The van der Waals surface area contributed by atoms with E-state index in [2.05, 4.69) is 11.5 Å². The van der Waals surface area contributed by atoms with Gasteiger partial charge in [0.05, 0.1) is 36.3 Å². The molecule has 0 spiro atoms. The minimum Gasteiger partial charge on any atom is -0.439 e. The Balaban J connectivity index is 1.62. The van der Waals surface area contributed by atoms with Gasteiger partial charge in [-0.1, -0.05) is 35.9 Å². The highest BCUT2D eigenvalue weighted by Crippen LogP contribution is 2.35. The Bertz CT molecular complexity index is 1050. The Morgan fingerprint density at radius 2 is 1.94 bits per heavy atom. The van der Waals surface area contributed by atoms with E-state index in [4.69, 9.17) is 26.2 Å². The van der Waals surface area contributed by atoms with Gasteiger partial charge in [0, 0.05) is 24.2 Å². The van der Waals surface area contributed by atoms with Crippen molar-refractivity contribution >= 4 is 11.6 Å². The second kappa shape index (κ2) is 11.0. The van der Waals surface area contributed by atoms with Crippen LogP contribution < -0.4 is 4.74 Å². The van der Waals surface area contributed by atoms with Crippen molar-refractivity contribution in [2.45, 2.75) is 38.5 Å². The Morgan fingerprint density at radius 3 is 2.61 bits per heavy atom. The predicted molar refractivity (Wildman–Crippen MR) is 130 cm³/mol. The number of nitrogens with zero attached hydrogens (tertiary/aromatic N) is 3. The monoisotopic (exact) mass is 467 g/mol. The second-order valence-electron chi connectivity index (χ2n) is 8.31. The van der Waals surface area contributed by atoms with Crippen LogP contribution in [0.15, 0.2) is 67.3 Å². The third-order valence-electron chi connectivity index (χ3n) is 5.58. The molecule has 6 nitrogen and oxygen atoms in total. The van der Waals surface area contributed by atoms with Gasteiger partial charge in [0.15, 0.2) is 0 Å². The first-order valence-corrected chi connectivity index (χ1v) is 11.6. The summed E-state index contributed by atoms with van der Waals surface area (Å²) in [5, 5.41) is 16.0. The highest BCUT2D eigenvalue weighted by Gasteiger charge is 2.32. The van der Waals surface area contributed by atoms with E-state index in [1.807, 2.05) is 66.2 Å². The first kappa shape index (κ1) is 23.5. The molecule has 0 aliphatic heterocycles. The van der Waals surface area contributed by atoms with E-state index in [1.54, 1.807) is 6.08 Å². The summed E-state index contributed by atoms with van der Waals surface area (Å²) in [5.41, 5.74) is 2.82. The smallest absolute Gasteiger partial charge is 0.227 e. The number of hydrogen-bond acceptors (Lipinski definition) is 5. The van der Waals surface area contributed by atoms with Crippen LogP contribution in [-0.4, -0.2) is 51.7 Å². The maximum Gasteiger partial charge on any atom is 0.227 e. The van der Waals surface area contributed by atoms with E-state index in [0.717, 1.165) is 29.8 Å². The van der Waals surface area contributed by atoms with Crippen LogP contribution in [0.5, 0.6) is 11.6 Å². The van der Waals surface area contributed by atoms with Crippen molar-refractivity contribution in [1.29, 1.82) is 0 Å². The Labute approximate surface area is 200 Å². The van der Waals surface area contributed by atoms with Crippen LogP contribution in [0.4, 0.5) is 0 Å². The summed E-state index contributed by atoms with van der Waals surface area (Å²) in [5.74, 6) is 1.36. The molecule has 1 atom stereocenters. The molecule has 0 bridgehead atoms. The van der Waals surface area contributed by atoms with E-state index in [1.165, 1.54) is 0 Å². The second-order valence-corrected chi connectivity index (χ2v) is 8.75. The van der Waals surface area contributed by atoms with E-state index < -0.39 is 6.10 Å². The Kier molecular flexibility index (Phi) is 7.83. The highest BCUT2D eigenvalue weighted by atomic mass is 35.5. The summed E-state index contributed by atoms with van der Waals surface area (Å²) >= 11 is 6.06. The standard InChI is InChI=1S/C26H30ClN3O3/c1-3-15-32-18-23(31)16-29(21-11-12-21)17-25-19(2)28-30(22-7-5-4-6-8-22)26(25)33-24-13-9-20(27)10-14-24/h3-10,13-14,21,23,31H,1,11-12,15-18H2,2H3/t23-/m0/s1. The van der Waals surface area contributed by atoms with Crippen molar-refractivity contribution in [2.75, 3.05) is 19.8 Å². The van der Waals surface area contributed by atoms with Crippen LogP contribution in [0, 0.1) is 6.92 Å². The number of aryl methyl sites for hydroxylation is 1. The molecule has 1 aliphatic rings. The van der Waals surface area contributed by atoms with Crippen LogP contribution >= 0.6 is 11.6 Å². The molecule has 1 aliphatic carbocycles. The molecule has 0 saturated heterocycles. The van der Waals surface area contributed by atoms with Crippen molar-refractivity contribution in [3.63, 3.8) is 0 Å². The molecule has 2 aromatic carbocycles. The zero-order valence-electron chi connectivity index (χ0n) is 18.9. The van der Waals surface area contributed by atoms with Crippen molar-refractivity contribution in [3.05, 3.63) is 83.5 Å². The minimum atomic E-state index is -0.573. The summed E-state index contributed by atoms with van der Waals surface area (Å²) in [7, 11) is 0. The number of aliphatic hydroxyl groups excluding tert-OH is 1. The van der Waals surface area contributed by atoms with Crippen molar-refractivity contribution in [3.8, 4) is 17.3 Å². The van der Waals surface area contributed by atoms with Gasteiger partial charge in [0.1, 0.15) is 5.75 Å². The van der Waals surface area contributed by atoms with E-state index in [0.29, 0.717) is 42.4 Å². The molecule has 1 aromatic heterocycles. The maximum absolute atomic E-state index is 10.5. The minimum absolute atomic E-state index is 0.283. The zero-order valence-corrected chi connectivity index (χ0v) is 19.6. The van der Waals surface area contributed by atoms with E-state index in [9.17, 15) is 5.11 Å². The van der Waals surface area contributed by atoms with Gasteiger partial charge in [-0.2, -0.15) is 5.10 Å². The fourth-order valence-electron chi connectivity index (χ4n) is 3.78. The van der Waals surface area contributed by atoms with E-state index >= 15 is 0 Å². The molecule has 0 radical (unpaired) electrons. The molecule has 174 valence electrons. The molecule has 0 amide bonds. The molecule has 1 fully saturated rings. The van der Waals surface area contributed by atoms with Crippen molar-refractivity contribution < 1.29 is 14.6 Å². The molecule has 7 heteroatoms. The molecule has 3 aromatic rings. The molecule has 1 heterocycles. The molecule has 4 rings (SSSR count). The number of aromatic nitrogens is 2. The first-order chi connectivity index (χ1) is 16.0. The quantitative estimate of drug-likeness (QED) is 0.294. The number of para-hydroxylation sites is 1. The summed E-state index contributed by atoms with van der Waals surface area (Å²) < 4.78 is 13.7. The third-order valence-corrected chi connectivity index (χ3v) is 5.83. The zero-order chi connectivity index (χ0) is 23.2. The molecular weight excluding hydrogens is 438 g/mol. The summed E-state index contributed by atoms with van der Waals surface area (Å²) in [6, 6.07) is 17.7. The van der Waals surface area contributed by atoms with Crippen LogP contribution in [0.25, 0.3) is 5.69 Å². The number of halogens is 1. The molecule has 0 unspecified atom stereocenters. The normalized spacial score (nSPS) is 14.4. The largest absolute Gasteiger partial charge is 0.439 e. The van der Waals surface area contributed by atoms with Gasteiger partial charge in [-0.05, 0) is 56.2 Å². The van der Waals surface area contributed by atoms with Gasteiger partial charge in [-0.25, -0.2) is 4.68 Å². The lowest BCUT2D eigenvalue weighted by Crippen LogP contribution is -2.36. The molecular formula is C26H30ClN3O3. The SMILES string of the molecule is C=CCOC[C@@H](O)CN(Cc1c(C)nn(-c2ccccc2)c1Oc1ccc(Cl)cc1)C1CC1. The van der Waals surface area contributed by atoms with Gasteiger partial charge in [0.25, 0.3) is 0 Å². The van der Waals surface area contributed by atoms with Crippen molar-refractivity contribution in [1.82, 2.24) is 14.7 Å². The van der Waals surface area contributed by atoms with Gasteiger partial charge in [-0.15, -0.1) is 6.58 Å². The Hall–Kier alpha value is -2.64. The van der Waals surface area contributed by atoms with Crippen LogP contribution in [0.3, 0.4) is 0 Å². The fourth-order valence-corrected chi connectivity index (χ4v) is 3.91. The summed E-state index contributed by atoms with van der Waals surface area (Å²) in [4.78, 5) is 2.30. The third kappa shape index (κ3) is 6.24. The van der Waals surface area contributed by atoms with Crippen LogP contribution in [0.1, 0.15) is 24.1 Å². The summed E-state index contributed by atoms with van der Waals surface area (Å²) in [6.07, 6.45) is 3.36. The van der Waals surface area contributed by atoms with Crippen molar-refractivity contribution in [2.24, 2.45) is 0 Å². The number of ether oxygens (including phenoxy) is 2. The predicted octanol–water partition coefficient (Wildman–Crippen LogP) is 5.15.